The number of unbranched alkanes of at least 4 members (excludes halogenated alkanes) is 1. The molecule has 0 aromatic carbocycles. The number of hydrogen-bond acceptors (Lipinski definition) is 7. The SMILES string of the molecule is CCCCC(=O)OCC(O)C(=O)[C@H](O)[C@H](O)CO. The summed E-state index contributed by atoms with van der Waals surface area (Å²) in [5.74, 6) is -1.64. The first kappa shape index (κ1) is 17.0. The molecule has 0 rings (SSSR count). The van der Waals surface area contributed by atoms with Gasteiger partial charge in [-0.1, -0.05) is 13.3 Å². The first-order valence-corrected chi connectivity index (χ1v) is 5.78. The number of rotatable bonds is 9. The third-order valence-electron chi connectivity index (χ3n) is 2.31. The molecule has 18 heavy (non-hydrogen) atoms. The van der Waals surface area contributed by atoms with E-state index in [9.17, 15) is 19.8 Å². The molecule has 0 fully saturated rings. The van der Waals surface area contributed by atoms with Crippen LogP contribution in [0.15, 0.2) is 0 Å². The highest BCUT2D eigenvalue weighted by atomic mass is 16.5. The summed E-state index contributed by atoms with van der Waals surface area (Å²) in [6, 6.07) is 0. The van der Waals surface area contributed by atoms with Gasteiger partial charge in [0.1, 0.15) is 24.9 Å². The fourth-order valence-electron chi connectivity index (χ4n) is 1.13. The molecule has 4 N–H and O–H groups in total. The van der Waals surface area contributed by atoms with Crippen molar-refractivity contribution in [1.29, 1.82) is 0 Å². The first-order chi connectivity index (χ1) is 8.43. The molecule has 0 aromatic heterocycles. The Kier molecular flexibility index (Phi) is 8.47. The van der Waals surface area contributed by atoms with Gasteiger partial charge in [-0.3, -0.25) is 9.59 Å². The van der Waals surface area contributed by atoms with E-state index in [4.69, 9.17) is 10.2 Å². The van der Waals surface area contributed by atoms with E-state index in [1.54, 1.807) is 0 Å². The predicted molar refractivity (Wildman–Crippen MR) is 60.6 cm³/mol. The minimum Gasteiger partial charge on any atom is -0.462 e. The van der Waals surface area contributed by atoms with Crippen molar-refractivity contribution in [1.82, 2.24) is 0 Å². The van der Waals surface area contributed by atoms with Crippen LogP contribution in [0.1, 0.15) is 26.2 Å². The lowest BCUT2D eigenvalue weighted by Crippen LogP contribution is -2.43. The number of aliphatic hydroxyl groups excluding tert-OH is 4. The number of ketones is 1. The van der Waals surface area contributed by atoms with E-state index in [-0.39, 0.29) is 6.42 Å². The van der Waals surface area contributed by atoms with Crippen molar-refractivity contribution >= 4 is 11.8 Å². The molecule has 0 aliphatic carbocycles. The lowest BCUT2D eigenvalue weighted by atomic mass is 10.1. The van der Waals surface area contributed by atoms with Crippen LogP contribution < -0.4 is 0 Å². The van der Waals surface area contributed by atoms with Crippen LogP contribution in [-0.4, -0.2) is 63.7 Å². The minimum atomic E-state index is -1.90. The van der Waals surface area contributed by atoms with E-state index in [1.807, 2.05) is 6.92 Å². The van der Waals surface area contributed by atoms with Gasteiger partial charge in [0, 0.05) is 6.42 Å². The van der Waals surface area contributed by atoms with E-state index in [1.165, 1.54) is 0 Å². The first-order valence-electron chi connectivity index (χ1n) is 5.78. The minimum absolute atomic E-state index is 0.194. The smallest absolute Gasteiger partial charge is 0.305 e. The Balaban J connectivity index is 4.05. The van der Waals surface area contributed by atoms with Gasteiger partial charge in [-0.25, -0.2) is 0 Å². The maximum absolute atomic E-state index is 11.3. The third-order valence-corrected chi connectivity index (χ3v) is 2.31. The van der Waals surface area contributed by atoms with Crippen LogP contribution in [0.3, 0.4) is 0 Å². The Labute approximate surface area is 105 Å². The number of hydrogen-bond donors (Lipinski definition) is 4. The second kappa shape index (κ2) is 8.98. The van der Waals surface area contributed by atoms with Crippen LogP contribution in [0.25, 0.3) is 0 Å². The molecule has 7 heteroatoms. The van der Waals surface area contributed by atoms with Crippen molar-refractivity contribution in [2.24, 2.45) is 0 Å². The predicted octanol–water partition coefficient (Wildman–Crippen LogP) is -1.64. The Morgan fingerprint density at radius 2 is 1.83 bits per heavy atom. The van der Waals surface area contributed by atoms with Crippen molar-refractivity contribution in [3.63, 3.8) is 0 Å². The topological polar surface area (TPSA) is 124 Å². The van der Waals surface area contributed by atoms with Gasteiger partial charge in [-0.05, 0) is 6.42 Å². The van der Waals surface area contributed by atoms with Crippen LogP contribution >= 0.6 is 0 Å². The van der Waals surface area contributed by atoms with Gasteiger partial charge in [0.2, 0.25) is 0 Å². The Morgan fingerprint density at radius 3 is 2.33 bits per heavy atom. The zero-order valence-electron chi connectivity index (χ0n) is 10.3. The summed E-state index contributed by atoms with van der Waals surface area (Å²) < 4.78 is 4.63. The Bertz CT molecular complexity index is 266. The van der Waals surface area contributed by atoms with E-state index in [2.05, 4.69) is 4.74 Å². The van der Waals surface area contributed by atoms with Gasteiger partial charge in [0.25, 0.3) is 0 Å². The van der Waals surface area contributed by atoms with Crippen molar-refractivity contribution in [2.45, 2.75) is 44.5 Å². The molecular formula is C11H20O7. The summed E-state index contributed by atoms with van der Waals surface area (Å²) in [7, 11) is 0. The highest BCUT2D eigenvalue weighted by Crippen LogP contribution is 2.02. The number of Topliss-reactive ketones (excluding diaryl/α,β-unsaturated/α-hetero) is 1. The van der Waals surface area contributed by atoms with E-state index in [0.717, 1.165) is 6.42 Å². The van der Waals surface area contributed by atoms with Gasteiger partial charge in [-0.2, -0.15) is 0 Å². The highest BCUT2D eigenvalue weighted by Gasteiger charge is 2.29. The van der Waals surface area contributed by atoms with Crippen molar-refractivity contribution in [2.75, 3.05) is 13.2 Å². The second-order valence-electron chi connectivity index (χ2n) is 3.90. The molecule has 0 aliphatic heterocycles. The summed E-state index contributed by atoms with van der Waals surface area (Å²) in [6.07, 6.45) is -3.62. The molecular weight excluding hydrogens is 244 g/mol. The normalized spacial score (nSPS) is 15.8. The fourth-order valence-corrected chi connectivity index (χ4v) is 1.13. The van der Waals surface area contributed by atoms with E-state index >= 15 is 0 Å². The summed E-state index contributed by atoms with van der Waals surface area (Å²) in [6.45, 7) is 0.519. The van der Waals surface area contributed by atoms with Crippen LogP contribution in [0.5, 0.6) is 0 Å². The molecule has 7 nitrogen and oxygen atoms in total. The molecule has 106 valence electrons. The summed E-state index contributed by atoms with van der Waals surface area (Å²) in [4.78, 5) is 22.4. The van der Waals surface area contributed by atoms with Crippen molar-refractivity contribution in [3.05, 3.63) is 0 Å². The Hall–Kier alpha value is -1.02. The summed E-state index contributed by atoms with van der Waals surface area (Å²) >= 11 is 0. The molecule has 1 unspecified atom stereocenters. The van der Waals surface area contributed by atoms with E-state index < -0.39 is 43.3 Å². The largest absolute Gasteiger partial charge is 0.462 e. The molecule has 0 bridgehead atoms. The fraction of sp³-hybridized carbons (Fsp3) is 0.818. The second-order valence-corrected chi connectivity index (χ2v) is 3.90. The zero-order valence-corrected chi connectivity index (χ0v) is 10.3. The number of ether oxygens (including phenoxy) is 1. The summed E-state index contributed by atoms with van der Waals surface area (Å²) in [5, 5.41) is 36.1. The van der Waals surface area contributed by atoms with Gasteiger partial charge >= 0.3 is 5.97 Å². The molecule has 0 aliphatic rings. The molecule has 0 radical (unpaired) electrons. The average molecular weight is 264 g/mol. The third kappa shape index (κ3) is 6.06. The van der Waals surface area contributed by atoms with Gasteiger partial charge in [-0.15, -0.1) is 0 Å². The van der Waals surface area contributed by atoms with Crippen LogP contribution in [0, 0.1) is 0 Å². The number of carbonyl (C=O) groups excluding carboxylic acids is 2. The maximum atomic E-state index is 11.3. The highest BCUT2D eigenvalue weighted by molar-refractivity contribution is 5.87. The van der Waals surface area contributed by atoms with E-state index in [0.29, 0.717) is 6.42 Å². The molecule has 0 saturated carbocycles. The molecule has 0 amide bonds. The Morgan fingerprint density at radius 1 is 1.22 bits per heavy atom. The van der Waals surface area contributed by atoms with Gasteiger partial charge < -0.3 is 25.2 Å². The number of esters is 1. The number of aliphatic hydroxyl groups is 4. The lowest BCUT2D eigenvalue weighted by Gasteiger charge is -2.17. The number of carbonyl (C=O) groups is 2. The summed E-state index contributed by atoms with van der Waals surface area (Å²) in [5.41, 5.74) is 0. The van der Waals surface area contributed by atoms with Crippen LogP contribution in [0.2, 0.25) is 0 Å². The van der Waals surface area contributed by atoms with Crippen LogP contribution in [0.4, 0.5) is 0 Å². The van der Waals surface area contributed by atoms with Crippen molar-refractivity contribution < 1.29 is 34.8 Å². The molecule has 0 spiro atoms. The van der Waals surface area contributed by atoms with Crippen LogP contribution in [-0.2, 0) is 14.3 Å². The quantitative estimate of drug-likeness (QED) is 0.368. The maximum Gasteiger partial charge on any atom is 0.305 e. The molecule has 0 aromatic rings. The van der Waals surface area contributed by atoms with Gasteiger partial charge in [0.15, 0.2) is 5.78 Å². The molecule has 0 saturated heterocycles. The lowest BCUT2D eigenvalue weighted by molar-refractivity contribution is -0.154. The average Bonchev–Trinajstić information content (AvgIpc) is 2.39. The van der Waals surface area contributed by atoms with Gasteiger partial charge in [0.05, 0.1) is 6.61 Å². The monoisotopic (exact) mass is 264 g/mol. The molecule has 0 heterocycles. The zero-order chi connectivity index (χ0) is 14.1. The molecule has 3 atom stereocenters. The standard InChI is InChI=1S/C11H20O7/c1-2-3-4-9(15)18-6-8(14)11(17)10(16)7(13)5-12/h7-8,10,12-14,16H,2-6H2,1H3/t7-,8?,10-/m1/s1. The van der Waals surface area contributed by atoms with Crippen molar-refractivity contribution in [3.8, 4) is 0 Å².